The van der Waals surface area contributed by atoms with Crippen LogP contribution in [0.3, 0.4) is 0 Å². The summed E-state index contributed by atoms with van der Waals surface area (Å²) in [6, 6.07) is 18.1. The molecule has 0 spiro atoms. The zero-order valence-electron chi connectivity index (χ0n) is 14.6. The van der Waals surface area contributed by atoms with E-state index in [1.807, 2.05) is 24.3 Å². The van der Waals surface area contributed by atoms with E-state index in [2.05, 4.69) is 31.2 Å². The van der Waals surface area contributed by atoms with E-state index in [-0.39, 0.29) is 5.82 Å². The van der Waals surface area contributed by atoms with Gasteiger partial charge in [-0.3, -0.25) is 0 Å². The lowest BCUT2D eigenvalue weighted by atomic mass is 9.82. The van der Waals surface area contributed by atoms with Crippen LogP contribution < -0.4 is 0 Å². The average molecular weight is 351 g/mol. The second-order valence-corrected chi connectivity index (χ2v) is 8.33. The third-order valence-corrected chi connectivity index (χ3v) is 6.48. The summed E-state index contributed by atoms with van der Waals surface area (Å²) in [7, 11) is 0. The number of halogens is 1. The van der Waals surface area contributed by atoms with Crippen molar-refractivity contribution in [3.8, 4) is 21.6 Å². The van der Waals surface area contributed by atoms with Crippen molar-refractivity contribution >= 4 is 11.3 Å². The first-order chi connectivity index (χ1) is 12.2. The van der Waals surface area contributed by atoms with Gasteiger partial charge in [0.05, 0.1) is 0 Å². The van der Waals surface area contributed by atoms with Crippen molar-refractivity contribution in [3.05, 3.63) is 70.9 Å². The van der Waals surface area contributed by atoms with Gasteiger partial charge in [-0.2, -0.15) is 0 Å². The van der Waals surface area contributed by atoms with Gasteiger partial charge in [0.25, 0.3) is 0 Å². The second-order valence-electron chi connectivity index (χ2n) is 7.16. The molecule has 0 bridgehead atoms. The van der Waals surface area contributed by atoms with Crippen LogP contribution in [0, 0.1) is 18.7 Å². The summed E-state index contributed by atoms with van der Waals surface area (Å²) in [6.07, 6.45) is 6.62. The molecule has 0 saturated heterocycles. The van der Waals surface area contributed by atoms with Crippen LogP contribution in [0.2, 0.25) is 0 Å². The summed E-state index contributed by atoms with van der Waals surface area (Å²) in [5, 5.41) is 0. The zero-order valence-corrected chi connectivity index (χ0v) is 15.4. The highest BCUT2D eigenvalue weighted by Crippen LogP contribution is 2.35. The Morgan fingerprint density at radius 1 is 0.960 bits per heavy atom. The molecule has 0 radical (unpaired) electrons. The number of aryl methyl sites for hydroxylation is 2. The number of rotatable bonds is 5. The van der Waals surface area contributed by atoms with Crippen LogP contribution in [0.5, 0.6) is 0 Å². The number of hydrogen-bond acceptors (Lipinski definition) is 1. The third-order valence-electron chi connectivity index (χ3n) is 5.30. The first kappa shape index (κ1) is 16.5. The van der Waals surface area contributed by atoms with Crippen molar-refractivity contribution < 1.29 is 4.39 Å². The van der Waals surface area contributed by atoms with Crippen LogP contribution in [0.4, 0.5) is 4.39 Å². The SMILES string of the molecule is Cc1ccc(-c2ccc(-c3ccc(CCC4CCC4)s3)c(F)c2)cc1. The van der Waals surface area contributed by atoms with Crippen LogP contribution in [0.1, 0.15) is 36.1 Å². The Bertz CT molecular complexity index is 856. The fourth-order valence-electron chi connectivity index (χ4n) is 3.43. The lowest BCUT2D eigenvalue weighted by molar-refractivity contribution is 0.297. The molecule has 1 aliphatic rings. The minimum absolute atomic E-state index is 0.134. The molecular weight excluding hydrogens is 327 g/mol. The third kappa shape index (κ3) is 3.69. The number of benzene rings is 2. The molecule has 0 aliphatic heterocycles. The van der Waals surface area contributed by atoms with Crippen molar-refractivity contribution in [2.75, 3.05) is 0 Å². The van der Waals surface area contributed by atoms with Gasteiger partial charge in [-0.05, 0) is 61.1 Å². The Morgan fingerprint density at radius 3 is 2.40 bits per heavy atom. The van der Waals surface area contributed by atoms with Gasteiger partial charge in [-0.15, -0.1) is 11.3 Å². The molecule has 2 heteroatoms. The molecule has 1 aromatic heterocycles. The summed E-state index contributed by atoms with van der Waals surface area (Å²) in [6.45, 7) is 2.06. The predicted molar refractivity (Wildman–Crippen MR) is 106 cm³/mol. The molecule has 25 heavy (non-hydrogen) atoms. The zero-order chi connectivity index (χ0) is 17.2. The van der Waals surface area contributed by atoms with Gasteiger partial charge < -0.3 is 0 Å². The quantitative estimate of drug-likeness (QED) is 0.454. The minimum Gasteiger partial charge on any atom is -0.206 e. The highest BCUT2D eigenvalue weighted by atomic mass is 32.1. The van der Waals surface area contributed by atoms with Gasteiger partial charge in [-0.25, -0.2) is 4.39 Å². The Kier molecular flexibility index (Phi) is 4.72. The molecule has 2 aromatic carbocycles. The predicted octanol–water partition coefficient (Wildman–Crippen LogP) is 7.26. The number of thiophene rings is 1. The first-order valence-electron chi connectivity index (χ1n) is 9.15. The van der Waals surface area contributed by atoms with Gasteiger partial charge in [0.15, 0.2) is 0 Å². The maximum Gasteiger partial charge on any atom is 0.132 e. The van der Waals surface area contributed by atoms with E-state index < -0.39 is 0 Å². The first-order valence-corrected chi connectivity index (χ1v) is 9.96. The molecule has 1 aliphatic carbocycles. The van der Waals surface area contributed by atoms with Gasteiger partial charge in [0.1, 0.15) is 5.82 Å². The summed E-state index contributed by atoms with van der Waals surface area (Å²) >= 11 is 1.74. The Hall–Kier alpha value is -1.93. The maximum atomic E-state index is 14.7. The largest absolute Gasteiger partial charge is 0.206 e. The molecule has 0 atom stereocenters. The summed E-state index contributed by atoms with van der Waals surface area (Å²) in [5.74, 6) is 0.793. The molecule has 0 nitrogen and oxygen atoms in total. The summed E-state index contributed by atoms with van der Waals surface area (Å²) in [4.78, 5) is 2.42. The van der Waals surface area contributed by atoms with Gasteiger partial charge in [0, 0.05) is 15.3 Å². The summed E-state index contributed by atoms with van der Waals surface area (Å²) < 4.78 is 14.7. The van der Waals surface area contributed by atoms with Crippen molar-refractivity contribution in [2.45, 2.75) is 39.0 Å². The molecule has 4 rings (SSSR count). The monoisotopic (exact) mass is 350 g/mol. The molecule has 1 heterocycles. The molecule has 0 unspecified atom stereocenters. The van der Waals surface area contributed by atoms with Crippen molar-refractivity contribution in [3.63, 3.8) is 0 Å². The van der Waals surface area contributed by atoms with E-state index in [9.17, 15) is 4.39 Å². The van der Waals surface area contributed by atoms with Crippen molar-refractivity contribution in [1.82, 2.24) is 0 Å². The van der Waals surface area contributed by atoms with Crippen LogP contribution in [0.25, 0.3) is 21.6 Å². The van der Waals surface area contributed by atoms with E-state index in [1.165, 1.54) is 36.1 Å². The van der Waals surface area contributed by atoms with Crippen molar-refractivity contribution in [1.29, 1.82) is 0 Å². The maximum absolute atomic E-state index is 14.7. The Balaban J connectivity index is 1.52. The van der Waals surface area contributed by atoms with Crippen LogP contribution >= 0.6 is 11.3 Å². The normalized spacial score (nSPS) is 14.5. The lowest BCUT2D eigenvalue weighted by Gasteiger charge is -2.24. The van der Waals surface area contributed by atoms with Crippen molar-refractivity contribution in [2.24, 2.45) is 5.92 Å². The van der Waals surface area contributed by atoms with Crippen LogP contribution in [0.15, 0.2) is 54.6 Å². The fraction of sp³-hybridized carbons (Fsp3) is 0.304. The highest BCUT2D eigenvalue weighted by Gasteiger charge is 2.17. The van der Waals surface area contributed by atoms with Gasteiger partial charge in [-0.1, -0.05) is 55.2 Å². The smallest absolute Gasteiger partial charge is 0.132 e. The molecular formula is C23H23FS. The molecule has 3 aromatic rings. The lowest BCUT2D eigenvalue weighted by Crippen LogP contribution is -2.11. The van der Waals surface area contributed by atoms with E-state index in [1.54, 1.807) is 17.4 Å². The van der Waals surface area contributed by atoms with E-state index >= 15 is 0 Å². The molecule has 0 N–H and O–H groups in total. The second kappa shape index (κ2) is 7.13. The number of hydrogen-bond donors (Lipinski definition) is 0. The van der Waals surface area contributed by atoms with Gasteiger partial charge in [0.2, 0.25) is 0 Å². The Morgan fingerprint density at radius 2 is 1.72 bits per heavy atom. The Labute approximate surface area is 153 Å². The standard InChI is InChI=1S/C23H23FS/c1-16-5-8-18(9-6-16)19-10-13-21(22(24)15-19)23-14-12-20(25-23)11-7-17-3-2-4-17/h5-6,8-10,12-15,17H,2-4,7,11H2,1H3. The molecule has 1 saturated carbocycles. The highest BCUT2D eigenvalue weighted by molar-refractivity contribution is 7.15. The van der Waals surface area contributed by atoms with Crippen LogP contribution in [-0.4, -0.2) is 0 Å². The van der Waals surface area contributed by atoms with Crippen LogP contribution in [-0.2, 0) is 6.42 Å². The molecule has 0 amide bonds. The molecule has 1 fully saturated rings. The molecule has 128 valence electrons. The van der Waals surface area contributed by atoms with E-state index in [4.69, 9.17) is 0 Å². The fourth-order valence-corrected chi connectivity index (χ4v) is 4.48. The topological polar surface area (TPSA) is 0 Å². The summed E-state index contributed by atoms with van der Waals surface area (Å²) in [5.41, 5.74) is 3.93. The average Bonchev–Trinajstić information content (AvgIpc) is 3.02. The minimum atomic E-state index is -0.134. The van der Waals surface area contributed by atoms with Gasteiger partial charge >= 0.3 is 0 Å². The van der Waals surface area contributed by atoms with E-state index in [0.29, 0.717) is 0 Å². The van der Waals surface area contributed by atoms with E-state index in [0.717, 1.165) is 33.9 Å².